The van der Waals surface area contributed by atoms with Crippen molar-refractivity contribution in [3.8, 4) is 0 Å². The molecule has 0 amide bonds. The summed E-state index contributed by atoms with van der Waals surface area (Å²) >= 11 is 0. The van der Waals surface area contributed by atoms with E-state index in [1.165, 1.54) is 44.9 Å². The van der Waals surface area contributed by atoms with Crippen LogP contribution in [0.15, 0.2) is 12.2 Å². The lowest BCUT2D eigenvalue weighted by Gasteiger charge is -1.93. The van der Waals surface area contributed by atoms with Gasteiger partial charge in [-0.25, -0.2) is 0 Å². The predicted octanol–water partition coefficient (Wildman–Crippen LogP) is 4.47. The van der Waals surface area contributed by atoms with E-state index >= 15 is 0 Å². The van der Waals surface area contributed by atoms with E-state index in [0.29, 0.717) is 12.2 Å². The van der Waals surface area contributed by atoms with Gasteiger partial charge in [0.05, 0.1) is 12.2 Å². The number of unbranched alkanes of at least 4 members (excludes halogenated alkanes) is 4. The summed E-state index contributed by atoms with van der Waals surface area (Å²) in [6.45, 7) is 4.49. The highest BCUT2D eigenvalue weighted by Crippen LogP contribution is 2.30. The summed E-state index contributed by atoms with van der Waals surface area (Å²) in [5.41, 5.74) is 0. The first-order valence-corrected chi connectivity index (χ1v) is 6.69. The highest BCUT2D eigenvalue weighted by atomic mass is 16.6. The lowest BCUT2D eigenvalue weighted by Crippen LogP contribution is -1.92. The van der Waals surface area contributed by atoms with E-state index in [-0.39, 0.29) is 0 Å². The summed E-state index contributed by atoms with van der Waals surface area (Å²) in [7, 11) is 0. The average Bonchev–Trinajstić information content (AvgIpc) is 2.97. The van der Waals surface area contributed by atoms with Crippen molar-refractivity contribution in [3.63, 3.8) is 0 Å². The van der Waals surface area contributed by atoms with Crippen LogP contribution in [0.1, 0.15) is 65.2 Å². The first-order valence-electron chi connectivity index (χ1n) is 6.69. The van der Waals surface area contributed by atoms with Crippen LogP contribution < -0.4 is 0 Å². The molecular weight excluding hydrogens is 184 g/mol. The van der Waals surface area contributed by atoms with Gasteiger partial charge in [-0.1, -0.05) is 58.1 Å². The van der Waals surface area contributed by atoms with E-state index in [1.54, 1.807) is 0 Å². The maximum absolute atomic E-state index is 5.62. The molecule has 1 saturated heterocycles. The Morgan fingerprint density at radius 3 is 2.47 bits per heavy atom. The van der Waals surface area contributed by atoms with E-state index in [4.69, 9.17) is 4.74 Å². The largest absolute Gasteiger partial charge is 0.369 e. The molecule has 2 unspecified atom stereocenters. The molecule has 0 saturated carbocycles. The Hall–Kier alpha value is -0.300. The Kier molecular flexibility index (Phi) is 6.74. The Balaban J connectivity index is 1.90. The number of hydrogen-bond acceptors (Lipinski definition) is 1. The second-order valence-corrected chi connectivity index (χ2v) is 4.56. The monoisotopic (exact) mass is 210 g/mol. The molecule has 1 aliphatic heterocycles. The van der Waals surface area contributed by atoms with Gasteiger partial charge in [0.2, 0.25) is 0 Å². The van der Waals surface area contributed by atoms with Gasteiger partial charge in [-0.2, -0.15) is 0 Å². The van der Waals surface area contributed by atoms with Crippen LogP contribution in [-0.2, 0) is 4.74 Å². The molecule has 0 N–H and O–H groups in total. The average molecular weight is 210 g/mol. The third-order valence-electron chi connectivity index (χ3n) is 3.04. The van der Waals surface area contributed by atoms with E-state index in [2.05, 4.69) is 26.0 Å². The molecule has 0 aliphatic carbocycles. The highest BCUT2D eigenvalue weighted by molar-refractivity contribution is 4.93. The summed E-state index contributed by atoms with van der Waals surface area (Å²) < 4.78 is 5.62. The summed E-state index contributed by atoms with van der Waals surface area (Å²) in [5.74, 6) is 0. The standard InChI is InChI=1S/C14H26O/c1-3-5-7-8-10-12-14-13(15-14)11-9-6-4-2/h8,10,13-14H,3-7,9,11-12H2,1-2H3/b10-8-. The molecule has 0 bridgehead atoms. The van der Waals surface area contributed by atoms with Crippen molar-refractivity contribution in [3.05, 3.63) is 12.2 Å². The number of epoxide rings is 1. The molecule has 0 aromatic heterocycles. The Bertz CT molecular complexity index is 174. The molecule has 0 spiro atoms. The van der Waals surface area contributed by atoms with Gasteiger partial charge in [-0.3, -0.25) is 0 Å². The Morgan fingerprint density at radius 1 is 0.933 bits per heavy atom. The number of ether oxygens (including phenoxy) is 1. The minimum atomic E-state index is 0.555. The fourth-order valence-electron chi connectivity index (χ4n) is 1.91. The van der Waals surface area contributed by atoms with Crippen molar-refractivity contribution in [2.24, 2.45) is 0 Å². The topological polar surface area (TPSA) is 12.5 Å². The molecular formula is C14H26O. The van der Waals surface area contributed by atoms with Gasteiger partial charge < -0.3 is 4.74 Å². The normalized spacial score (nSPS) is 24.9. The van der Waals surface area contributed by atoms with Crippen LogP contribution in [-0.4, -0.2) is 12.2 Å². The van der Waals surface area contributed by atoms with Crippen LogP contribution >= 0.6 is 0 Å². The zero-order valence-corrected chi connectivity index (χ0v) is 10.4. The maximum atomic E-state index is 5.62. The lowest BCUT2D eigenvalue weighted by molar-refractivity contribution is 0.359. The van der Waals surface area contributed by atoms with Crippen LogP contribution in [0.4, 0.5) is 0 Å². The smallest absolute Gasteiger partial charge is 0.0876 e. The molecule has 1 fully saturated rings. The molecule has 1 heterocycles. The summed E-state index contributed by atoms with van der Waals surface area (Å²) in [6.07, 6.45) is 16.1. The number of hydrogen-bond donors (Lipinski definition) is 0. The van der Waals surface area contributed by atoms with Crippen LogP contribution in [0.3, 0.4) is 0 Å². The summed E-state index contributed by atoms with van der Waals surface area (Å²) in [6, 6.07) is 0. The van der Waals surface area contributed by atoms with Crippen molar-refractivity contribution in [2.45, 2.75) is 77.4 Å². The second kappa shape index (κ2) is 7.92. The van der Waals surface area contributed by atoms with E-state index < -0.39 is 0 Å². The Morgan fingerprint density at radius 2 is 1.73 bits per heavy atom. The molecule has 1 nitrogen and oxygen atoms in total. The van der Waals surface area contributed by atoms with Crippen LogP contribution in [0.25, 0.3) is 0 Å². The Labute approximate surface area is 94.9 Å². The van der Waals surface area contributed by atoms with Crippen LogP contribution in [0.2, 0.25) is 0 Å². The first kappa shape index (κ1) is 12.8. The van der Waals surface area contributed by atoms with Gasteiger partial charge in [0, 0.05) is 0 Å². The SMILES string of the molecule is CCCC/C=C\CC1OC1CCCCC. The van der Waals surface area contributed by atoms with Gasteiger partial charge in [-0.15, -0.1) is 0 Å². The first-order chi connectivity index (χ1) is 7.38. The van der Waals surface area contributed by atoms with Gasteiger partial charge in [-0.05, 0) is 19.3 Å². The number of allylic oxidation sites excluding steroid dienone is 1. The number of rotatable bonds is 9. The molecule has 0 aromatic rings. The molecule has 15 heavy (non-hydrogen) atoms. The highest BCUT2D eigenvalue weighted by Gasteiger charge is 2.36. The third-order valence-corrected chi connectivity index (χ3v) is 3.04. The fourth-order valence-corrected chi connectivity index (χ4v) is 1.91. The molecule has 1 aliphatic rings. The van der Waals surface area contributed by atoms with E-state index in [0.717, 1.165) is 6.42 Å². The predicted molar refractivity (Wildman–Crippen MR) is 66.1 cm³/mol. The van der Waals surface area contributed by atoms with Gasteiger partial charge in [0.15, 0.2) is 0 Å². The van der Waals surface area contributed by atoms with Crippen LogP contribution in [0.5, 0.6) is 0 Å². The molecule has 1 rings (SSSR count). The van der Waals surface area contributed by atoms with Crippen LogP contribution in [0, 0.1) is 0 Å². The zero-order valence-electron chi connectivity index (χ0n) is 10.4. The summed E-state index contributed by atoms with van der Waals surface area (Å²) in [4.78, 5) is 0. The second-order valence-electron chi connectivity index (χ2n) is 4.56. The molecule has 88 valence electrons. The van der Waals surface area contributed by atoms with Crippen molar-refractivity contribution in [2.75, 3.05) is 0 Å². The maximum Gasteiger partial charge on any atom is 0.0876 e. The minimum absolute atomic E-state index is 0.555. The molecule has 0 aromatic carbocycles. The molecule has 1 heteroatoms. The van der Waals surface area contributed by atoms with Crippen molar-refractivity contribution in [1.29, 1.82) is 0 Å². The van der Waals surface area contributed by atoms with Crippen molar-refractivity contribution in [1.82, 2.24) is 0 Å². The van der Waals surface area contributed by atoms with Gasteiger partial charge in [0.1, 0.15) is 0 Å². The zero-order chi connectivity index (χ0) is 10.9. The quantitative estimate of drug-likeness (QED) is 0.311. The van der Waals surface area contributed by atoms with Gasteiger partial charge in [0.25, 0.3) is 0 Å². The molecule has 2 atom stereocenters. The summed E-state index contributed by atoms with van der Waals surface area (Å²) in [5, 5.41) is 0. The fraction of sp³-hybridized carbons (Fsp3) is 0.857. The van der Waals surface area contributed by atoms with Crippen molar-refractivity contribution < 1.29 is 4.74 Å². The van der Waals surface area contributed by atoms with Gasteiger partial charge >= 0.3 is 0 Å². The van der Waals surface area contributed by atoms with E-state index in [9.17, 15) is 0 Å². The van der Waals surface area contributed by atoms with Crippen molar-refractivity contribution >= 4 is 0 Å². The minimum Gasteiger partial charge on any atom is -0.369 e. The lowest BCUT2D eigenvalue weighted by atomic mass is 10.1. The van der Waals surface area contributed by atoms with E-state index in [1.807, 2.05) is 0 Å². The third kappa shape index (κ3) is 5.99. The molecule has 0 radical (unpaired) electrons.